The van der Waals surface area contributed by atoms with Gasteiger partial charge in [0.1, 0.15) is 5.69 Å². The number of unbranched alkanes of at least 4 members (excludes halogenated alkanes) is 3. The van der Waals surface area contributed by atoms with Gasteiger partial charge in [0.15, 0.2) is 0 Å². The van der Waals surface area contributed by atoms with Crippen LogP contribution >= 0.6 is 0 Å². The molecule has 1 aromatic rings. The Morgan fingerprint density at radius 3 is 2.68 bits per heavy atom. The SMILES string of the molecule is CCCCCCC(C)Nc1c(C)cccc1[N+](=O)[O-]. The van der Waals surface area contributed by atoms with Crippen LogP contribution in [0.3, 0.4) is 0 Å². The van der Waals surface area contributed by atoms with Crippen molar-refractivity contribution in [1.29, 1.82) is 0 Å². The maximum atomic E-state index is 11.0. The van der Waals surface area contributed by atoms with Gasteiger partial charge in [-0.3, -0.25) is 10.1 Å². The Bertz CT molecular complexity index is 419. The number of nitro benzene ring substituents is 1. The molecule has 4 nitrogen and oxygen atoms in total. The molecule has 1 rings (SSSR count). The van der Waals surface area contributed by atoms with E-state index in [1.54, 1.807) is 12.1 Å². The summed E-state index contributed by atoms with van der Waals surface area (Å²) >= 11 is 0. The Hall–Kier alpha value is -1.58. The van der Waals surface area contributed by atoms with Crippen LogP contribution in [0.2, 0.25) is 0 Å². The average molecular weight is 264 g/mol. The first-order chi connectivity index (χ1) is 9.06. The zero-order chi connectivity index (χ0) is 14.3. The second-order valence-corrected chi connectivity index (χ2v) is 5.12. The molecule has 0 amide bonds. The van der Waals surface area contributed by atoms with E-state index >= 15 is 0 Å². The zero-order valence-corrected chi connectivity index (χ0v) is 12.1. The van der Waals surface area contributed by atoms with Crippen molar-refractivity contribution in [2.75, 3.05) is 5.32 Å². The van der Waals surface area contributed by atoms with E-state index in [2.05, 4.69) is 19.2 Å². The lowest BCUT2D eigenvalue weighted by molar-refractivity contribution is -0.384. The van der Waals surface area contributed by atoms with Crippen LogP contribution in [-0.2, 0) is 0 Å². The van der Waals surface area contributed by atoms with Gasteiger partial charge < -0.3 is 5.32 Å². The van der Waals surface area contributed by atoms with E-state index in [-0.39, 0.29) is 16.7 Å². The molecule has 0 saturated heterocycles. The van der Waals surface area contributed by atoms with Gasteiger partial charge in [0, 0.05) is 12.1 Å². The predicted molar refractivity (Wildman–Crippen MR) is 79.7 cm³/mol. The summed E-state index contributed by atoms with van der Waals surface area (Å²) in [7, 11) is 0. The number of aryl methyl sites for hydroxylation is 1. The largest absolute Gasteiger partial charge is 0.377 e. The molecule has 106 valence electrons. The van der Waals surface area contributed by atoms with Crippen molar-refractivity contribution < 1.29 is 4.92 Å². The van der Waals surface area contributed by atoms with E-state index in [9.17, 15) is 10.1 Å². The number of benzene rings is 1. The molecule has 19 heavy (non-hydrogen) atoms. The first kappa shape index (κ1) is 15.5. The molecule has 0 saturated carbocycles. The van der Waals surface area contributed by atoms with E-state index in [4.69, 9.17) is 0 Å². The molecule has 0 spiro atoms. The number of hydrogen-bond acceptors (Lipinski definition) is 3. The highest BCUT2D eigenvalue weighted by Gasteiger charge is 2.16. The monoisotopic (exact) mass is 264 g/mol. The van der Waals surface area contributed by atoms with E-state index in [0.29, 0.717) is 5.69 Å². The number of anilines is 1. The van der Waals surface area contributed by atoms with Crippen molar-refractivity contribution >= 4 is 11.4 Å². The van der Waals surface area contributed by atoms with Crippen LogP contribution in [0, 0.1) is 17.0 Å². The van der Waals surface area contributed by atoms with Crippen molar-refractivity contribution in [2.45, 2.75) is 58.9 Å². The highest BCUT2D eigenvalue weighted by atomic mass is 16.6. The van der Waals surface area contributed by atoms with Crippen LogP contribution < -0.4 is 5.32 Å². The van der Waals surface area contributed by atoms with Crippen LogP contribution in [-0.4, -0.2) is 11.0 Å². The van der Waals surface area contributed by atoms with Crippen LogP contribution in [0.25, 0.3) is 0 Å². The Morgan fingerprint density at radius 1 is 1.32 bits per heavy atom. The van der Waals surface area contributed by atoms with Gasteiger partial charge in [-0.1, -0.05) is 44.7 Å². The number of para-hydroxylation sites is 1. The number of nitro groups is 1. The van der Waals surface area contributed by atoms with Gasteiger partial charge in [0.25, 0.3) is 5.69 Å². The molecule has 0 aliphatic heterocycles. The number of hydrogen-bond donors (Lipinski definition) is 1. The molecule has 0 aromatic heterocycles. The van der Waals surface area contributed by atoms with E-state index in [0.717, 1.165) is 12.0 Å². The van der Waals surface area contributed by atoms with E-state index < -0.39 is 0 Å². The summed E-state index contributed by atoms with van der Waals surface area (Å²) in [6.07, 6.45) is 5.94. The quantitative estimate of drug-likeness (QED) is 0.421. The molecule has 0 heterocycles. The third-order valence-electron chi connectivity index (χ3n) is 3.33. The van der Waals surface area contributed by atoms with Gasteiger partial charge in [0.05, 0.1) is 4.92 Å². The van der Waals surface area contributed by atoms with Crippen LogP contribution in [0.5, 0.6) is 0 Å². The van der Waals surface area contributed by atoms with Crippen LogP contribution in [0.15, 0.2) is 18.2 Å². The van der Waals surface area contributed by atoms with Crippen molar-refractivity contribution in [3.05, 3.63) is 33.9 Å². The molecule has 1 unspecified atom stereocenters. The van der Waals surface area contributed by atoms with Crippen molar-refractivity contribution in [1.82, 2.24) is 0 Å². The van der Waals surface area contributed by atoms with Gasteiger partial charge in [-0.05, 0) is 25.8 Å². The van der Waals surface area contributed by atoms with Gasteiger partial charge in [-0.2, -0.15) is 0 Å². The third kappa shape index (κ3) is 4.89. The maximum absolute atomic E-state index is 11.0. The molecular formula is C15H24N2O2. The molecule has 0 fully saturated rings. The standard InChI is InChI=1S/C15H24N2O2/c1-4-5-6-7-10-13(3)16-15-12(2)9-8-11-14(15)17(18)19/h8-9,11,13,16H,4-7,10H2,1-3H3. The second-order valence-electron chi connectivity index (χ2n) is 5.12. The van der Waals surface area contributed by atoms with Gasteiger partial charge in [-0.25, -0.2) is 0 Å². The molecule has 1 atom stereocenters. The Morgan fingerprint density at radius 2 is 2.05 bits per heavy atom. The summed E-state index contributed by atoms with van der Waals surface area (Å²) in [4.78, 5) is 10.7. The van der Waals surface area contributed by atoms with Crippen LogP contribution in [0.4, 0.5) is 11.4 Å². The minimum absolute atomic E-state index is 0.167. The van der Waals surface area contributed by atoms with Crippen LogP contribution in [0.1, 0.15) is 51.5 Å². The van der Waals surface area contributed by atoms with E-state index in [1.165, 1.54) is 25.7 Å². The predicted octanol–water partition coefficient (Wildman–Crippen LogP) is 4.67. The molecule has 4 heteroatoms. The smallest absolute Gasteiger partial charge is 0.292 e. The number of nitrogens with one attached hydrogen (secondary N) is 1. The van der Waals surface area contributed by atoms with Gasteiger partial charge in [-0.15, -0.1) is 0 Å². The minimum atomic E-state index is -0.320. The topological polar surface area (TPSA) is 55.2 Å². The van der Waals surface area contributed by atoms with Gasteiger partial charge in [0.2, 0.25) is 0 Å². The lowest BCUT2D eigenvalue weighted by atomic mass is 10.1. The van der Waals surface area contributed by atoms with Crippen molar-refractivity contribution in [3.8, 4) is 0 Å². The summed E-state index contributed by atoms with van der Waals surface area (Å²) in [5.74, 6) is 0. The Kier molecular flexibility index (Phi) is 6.33. The maximum Gasteiger partial charge on any atom is 0.292 e. The number of nitrogens with zero attached hydrogens (tertiary/aromatic N) is 1. The van der Waals surface area contributed by atoms with Gasteiger partial charge >= 0.3 is 0 Å². The summed E-state index contributed by atoms with van der Waals surface area (Å²) in [6, 6.07) is 5.44. The fourth-order valence-corrected chi connectivity index (χ4v) is 2.19. The normalized spacial score (nSPS) is 12.2. The fourth-order valence-electron chi connectivity index (χ4n) is 2.19. The minimum Gasteiger partial charge on any atom is -0.377 e. The first-order valence-electron chi connectivity index (χ1n) is 7.06. The molecule has 1 N–H and O–H groups in total. The number of rotatable bonds is 8. The summed E-state index contributed by atoms with van der Waals surface area (Å²) in [5, 5.41) is 14.3. The molecule has 1 aromatic carbocycles. The summed E-state index contributed by atoms with van der Waals surface area (Å²) in [6.45, 7) is 6.18. The second kappa shape index (κ2) is 7.77. The average Bonchev–Trinajstić information content (AvgIpc) is 2.37. The molecule has 0 aliphatic rings. The Balaban J connectivity index is 2.63. The zero-order valence-electron chi connectivity index (χ0n) is 12.1. The summed E-state index contributed by atoms with van der Waals surface area (Å²) in [5.41, 5.74) is 1.76. The highest BCUT2D eigenvalue weighted by molar-refractivity contribution is 5.66. The summed E-state index contributed by atoms with van der Waals surface area (Å²) < 4.78 is 0. The van der Waals surface area contributed by atoms with Crippen molar-refractivity contribution in [3.63, 3.8) is 0 Å². The Labute approximate surface area is 115 Å². The van der Waals surface area contributed by atoms with E-state index in [1.807, 2.05) is 13.0 Å². The molecule has 0 bridgehead atoms. The highest BCUT2D eigenvalue weighted by Crippen LogP contribution is 2.28. The molecule has 0 radical (unpaired) electrons. The lowest BCUT2D eigenvalue weighted by Gasteiger charge is -2.16. The molecular weight excluding hydrogens is 240 g/mol. The first-order valence-corrected chi connectivity index (χ1v) is 7.06. The van der Waals surface area contributed by atoms with Crippen molar-refractivity contribution in [2.24, 2.45) is 0 Å². The fraction of sp³-hybridized carbons (Fsp3) is 0.600. The lowest BCUT2D eigenvalue weighted by Crippen LogP contribution is -2.16. The molecule has 0 aliphatic carbocycles. The third-order valence-corrected chi connectivity index (χ3v) is 3.33.